The Balaban J connectivity index is -0.0000000300. The van der Waals surface area contributed by atoms with Gasteiger partial charge in [0.05, 0.1) is 0 Å². The molecule has 1 atom stereocenters. The van der Waals surface area contributed by atoms with Crippen molar-refractivity contribution in [2.24, 2.45) is 5.73 Å². The monoisotopic (exact) mass is 203 g/mol. The van der Waals surface area contributed by atoms with E-state index in [1.54, 1.807) is 0 Å². The quantitative estimate of drug-likeness (QED) is 0.177. The summed E-state index contributed by atoms with van der Waals surface area (Å²) in [6.07, 6.45) is 0. The molecule has 10 heavy (non-hydrogen) atoms. The van der Waals surface area contributed by atoms with Crippen LogP contribution in [0.25, 0.3) is 0 Å². The summed E-state index contributed by atoms with van der Waals surface area (Å²) in [6.45, 7) is 1.81. The van der Waals surface area contributed by atoms with Gasteiger partial charge in [-0.25, -0.2) is 0 Å². The molecule has 0 aliphatic heterocycles. The minimum Gasteiger partial charge on any atom is -0.784 e. The maximum atomic E-state index is 8.44. The summed E-state index contributed by atoms with van der Waals surface area (Å²) in [6, 6.07) is 0. The average molecular weight is 203 g/mol. The predicted octanol–water partition coefficient (Wildman–Crippen LogP) is -6.78. The van der Waals surface area contributed by atoms with E-state index < -0.39 is 11.4 Å². The van der Waals surface area contributed by atoms with E-state index in [0.717, 1.165) is 0 Å². The molecule has 2 N–H and O–H groups in total. The van der Waals surface area contributed by atoms with Crippen LogP contribution >= 0.6 is 12.6 Å². The Bertz CT molecular complexity index is 66.8. The smallest absolute Gasteiger partial charge is 0.784 e. The van der Waals surface area contributed by atoms with Crippen LogP contribution in [0.4, 0.5) is 0 Å². The summed E-state index contributed by atoms with van der Waals surface area (Å²) in [5, 5.41) is 0.0278. The van der Waals surface area contributed by atoms with E-state index in [1.165, 1.54) is 0 Å². The third kappa shape index (κ3) is 161. The standard InChI is InChI=1S/C2H7NS.2Na.H2O3S/c1-2(3)4;;;1-4(2)3/h2,4H,3H2,1H3;;;(H2,1,2,3)/q;2*+1;/p-2. The Morgan fingerprint density at radius 3 is 1.50 bits per heavy atom. The molecule has 0 aliphatic carbocycles. The van der Waals surface area contributed by atoms with E-state index in [9.17, 15) is 0 Å². The van der Waals surface area contributed by atoms with Gasteiger partial charge in [0.2, 0.25) is 0 Å². The van der Waals surface area contributed by atoms with Gasteiger partial charge in [-0.3, -0.25) is 4.21 Å². The Morgan fingerprint density at radius 2 is 1.50 bits per heavy atom. The van der Waals surface area contributed by atoms with Crippen molar-refractivity contribution in [3.63, 3.8) is 0 Å². The van der Waals surface area contributed by atoms with E-state index in [2.05, 4.69) is 12.6 Å². The van der Waals surface area contributed by atoms with Crippen molar-refractivity contribution in [1.82, 2.24) is 0 Å². The summed E-state index contributed by atoms with van der Waals surface area (Å²) < 4.78 is 25.3. The molecule has 0 aromatic carbocycles. The van der Waals surface area contributed by atoms with Gasteiger partial charge in [0.25, 0.3) is 0 Å². The minimum atomic E-state index is -3.11. The van der Waals surface area contributed by atoms with Gasteiger partial charge in [-0.1, -0.05) is 0 Å². The van der Waals surface area contributed by atoms with E-state index in [0.29, 0.717) is 0 Å². The Morgan fingerprint density at radius 1 is 1.50 bits per heavy atom. The fourth-order valence-electron chi connectivity index (χ4n) is 0. The summed E-state index contributed by atoms with van der Waals surface area (Å²) in [4.78, 5) is 0. The molecule has 1 unspecified atom stereocenters. The summed E-state index contributed by atoms with van der Waals surface area (Å²) in [5.74, 6) is 0. The maximum Gasteiger partial charge on any atom is 1.00 e. The summed E-state index contributed by atoms with van der Waals surface area (Å²) in [7, 11) is 0. The first-order valence-electron chi connectivity index (χ1n) is 1.67. The zero-order valence-electron chi connectivity index (χ0n) is 6.23. The van der Waals surface area contributed by atoms with Gasteiger partial charge in [0, 0.05) is 5.37 Å². The molecule has 0 saturated carbocycles. The zero-order chi connectivity index (χ0) is 7.15. The molecular formula is C2H7NNa2O3S2. The largest absolute Gasteiger partial charge is 1.00 e. The third-order valence-electron chi connectivity index (χ3n) is 0. The molecule has 0 fully saturated rings. The van der Waals surface area contributed by atoms with Gasteiger partial charge in [-0.05, 0) is 6.92 Å². The maximum absolute atomic E-state index is 8.44. The summed E-state index contributed by atoms with van der Waals surface area (Å²) >= 11 is 0.633. The van der Waals surface area contributed by atoms with Crippen LogP contribution in [0.15, 0.2) is 0 Å². The fourth-order valence-corrected chi connectivity index (χ4v) is 0. The van der Waals surface area contributed by atoms with E-state index >= 15 is 0 Å². The second kappa shape index (κ2) is 17.5. The van der Waals surface area contributed by atoms with Crippen molar-refractivity contribution >= 4 is 24.0 Å². The van der Waals surface area contributed by atoms with Crippen molar-refractivity contribution in [1.29, 1.82) is 0 Å². The van der Waals surface area contributed by atoms with Gasteiger partial charge < -0.3 is 14.8 Å². The molecule has 0 aliphatic rings. The molecule has 0 aromatic heterocycles. The van der Waals surface area contributed by atoms with Crippen LogP contribution in [-0.2, 0) is 11.4 Å². The van der Waals surface area contributed by atoms with Crippen molar-refractivity contribution < 1.29 is 72.4 Å². The Hall–Kier alpha value is 2.38. The Labute approximate surface area is 113 Å². The molecule has 0 saturated heterocycles. The molecule has 0 heterocycles. The first-order chi connectivity index (χ1) is 3.46. The van der Waals surface area contributed by atoms with Crippen LogP contribution in [0.2, 0.25) is 0 Å². The molecule has 4 nitrogen and oxygen atoms in total. The summed E-state index contributed by atoms with van der Waals surface area (Å²) in [5.41, 5.74) is 4.98. The number of hydrogen-bond acceptors (Lipinski definition) is 5. The van der Waals surface area contributed by atoms with Crippen LogP contribution in [0.5, 0.6) is 0 Å². The molecule has 0 aromatic rings. The van der Waals surface area contributed by atoms with E-state index in [-0.39, 0.29) is 64.5 Å². The van der Waals surface area contributed by atoms with Crippen LogP contribution in [0, 0.1) is 0 Å². The van der Waals surface area contributed by atoms with Crippen LogP contribution in [-0.4, -0.2) is 18.7 Å². The van der Waals surface area contributed by atoms with Crippen molar-refractivity contribution in [3.05, 3.63) is 0 Å². The van der Waals surface area contributed by atoms with Crippen molar-refractivity contribution in [2.45, 2.75) is 12.3 Å². The molecule has 52 valence electrons. The third-order valence-corrected chi connectivity index (χ3v) is 0. The zero-order valence-corrected chi connectivity index (χ0v) is 11.9. The van der Waals surface area contributed by atoms with Gasteiger partial charge in [-0.15, -0.1) is 11.4 Å². The van der Waals surface area contributed by atoms with Crippen molar-refractivity contribution in [3.8, 4) is 0 Å². The van der Waals surface area contributed by atoms with Gasteiger partial charge in [0.1, 0.15) is 0 Å². The number of hydrogen-bond donors (Lipinski definition) is 2. The number of nitrogens with two attached hydrogens (primary N) is 1. The number of thiol groups is 1. The molecule has 0 bridgehead atoms. The van der Waals surface area contributed by atoms with E-state index in [1.807, 2.05) is 6.92 Å². The van der Waals surface area contributed by atoms with Crippen LogP contribution in [0.1, 0.15) is 6.92 Å². The molecule has 0 radical (unpaired) electrons. The van der Waals surface area contributed by atoms with Gasteiger partial charge in [0.15, 0.2) is 0 Å². The number of rotatable bonds is 0. The topological polar surface area (TPSA) is 89.2 Å². The van der Waals surface area contributed by atoms with Crippen LogP contribution < -0.4 is 64.8 Å². The van der Waals surface area contributed by atoms with Crippen molar-refractivity contribution in [2.75, 3.05) is 0 Å². The van der Waals surface area contributed by atoms with Gasteiger partial charge in [-0.2, -0.15) is 12.6 Å². The average Bonchev–Trinajstić information content (AvgIpc) is 1.25. The fraction of sp³-hybridized carbons (Fsp3) is 1.00. The predicted molar refractivity (Wildman–Crippen MR) is 32.3 cm³/mol. The minimum absolute atomic E-state index is 0. The Kier molecular flexibility index (Phi) is 39.9. The second-order valence-corrected chi connectivity index (χ2v) is 2.17. The first kappa shape index (κ1) is 22.8. The molecule has 0 rings (SSSR count). The second-order valence-electron chi connectivity index (χ2n) is 0.945. The molecular weight excluding hydrogens is 196 g/mol. The first-order valence-corrected chi connectivity index (χ1v) is 3.19. The SMILES string of the molecule is CC(N)S.O=S([O-])[O-].[Na+].[Na+]. The van der Waals surface area contributed by atoms with E-state index in [4.69, 9.17) is 19.0 Å². The molecule has 0 amide bonds. The molecule has 8 heteroatoms. The molecule has 0 spiro atoms. The normalized spacial score (nSPS) is 9.80. The van der Waals surface area contributed by atoms with Gasteiger partial charge >= 0.3 is 59.1 Å². The van der Waals surface area contributed by atoms with Crippen LogP contribution in [0.3, 0.4) is 0 Å².